The molecule has 76 valence electrons. The molecule has 0 unspecified atom stereocenters. The molecule has 4 nitrogen and oxygen atoms in total. The van der Waals surface area contributed by atoms with E-state index in [4.69, 9.17) is 0 Å². The van der Waals surface area contributed by atoms with Gasteiger partial charge in [-0.3, -0.25) is 10.1 Å². The van der Waals surface area contributed by atoms with E-state index in [-0.39, 0.29) is 5.69 Å². The molecule has 1 aromatic rings. The summed E-state index contributed by atoms with van der Waals surface area (Å²) < 4.78 is 0.315. The van der Waals surface area contributed by atoms with Gasteiger partial charge in [-0.2, -0.15) is 0 Å². The first-order chi connectivity index (χ1) is 6.49. The van der Waals surface area contributed by atoms with Gasteiger partial charge in [-0.1, -0.05) is 6.92 Å². The molecule has 0 aromatic carbocycles. The van der Waals surface area contributed by atoms with Crippen molar-refractivity contribution in [3.8, 4) is 0 Å². The van der Waals surface area contributed by atoms with Gasteiger partial charge in [0.05, 0.1) is 4.92 Å². The van der Waals surface area contributed by atoms with E-state index >= 15 is 0 Å². The van der Waals surface area contributed by atoms with Crippen LogP contribution < -0.4 is 0 Å². The van der Waals surface area contributed by atoms with E-state index in [1.807, 2.05) is 13.8 Å². The minimum atomic E-state index is -0.398. The second-order valence-corrected chi connectivity index (χ2v) is 3.80. The molecule has 1 rings (SSSR count). The van der Waals surface area contributed by atoms with Gasteiger partial charge in [0.1, 0.15) is 0 Å². The monoisotopic (exact) mass is 258 g/mol. The Hall–Kier alpha value is -0.970. The molecule has 0 aliphatic carbocycles. The second-order valence-electron chi connectivity index (χ2n) is 3.05. The van der Waals surface area contributed by atoms with Crippen molar-refractivity contribution >= 4 is 21.6 Å². The van der Waals surface area contributed by atoms with Gasteiger partial charge >= 0.3 is 5.69 Å². The summed E-state index contributed by atoms with van der Waals surface area (Å²) in [7, 11) is 0. The van der Waals surface area contributed by atoms with Gasteiger partial charge in [-0.15, -0.1) is 0 Å². The largest absolute Gasteiger partial charge is 0.305 e. The van der Waals surface area contributed by atoms with E-state index in [9.17, 15) is 10.1 Å². The highest BCUT2D eigenvalue weighted by Crippen LogP contribution is 2.30. The van der Waals surface area contributed by atoms with Crippen molar-refractivity contribution in [1.29, 1.82) is 0 Å². The van der Waals surface area contributed by atoms with Gasteiger partial charge in [-0.05, 0) is 41.8 Å². The quantitative estimate of drug-likeness (QED) is 0.466. The van der Waals surface area contributed by atoms with Crippen LogP contribution in [-0.4, -0.2) is 9.91 Å². The maximum atomic E-state index is 10.8. The molecule has 0 bridgehead atoms. The van der Waals surface area contributed by atoms with Gasteiger partial charge < -0.3 is 0 Å². The lowest BCUT2D eigenvalue weighted by Gasteiger charge is -2.08. The molecule has 14 heavy (non-hydrogen) atoms. The number of nitrogens with zero attached hydrogens (tertiary/aromatic N) is 2. The molecule has 5 heteroatoms. The summed E-state index contributed by atoms with van der Waals surface area (Å²) in [6.45, 7) is 5.59. The van der Waals surface area contributed by atoms with Gasteiger partial charge in [0.25, 0.3) is 0 Å². The van der Waals surface area contributed by atoms with Gasteiger partial charge in [-0.25, -0.2) is 4.98 Å². The first-order valence-electron chi connectivity index (χ1n) is 4.29. The average Bonchev–Trinajstić information content (AvgIpc) is 2.02. The Morgan fingerprint density at radius 2 is 2.07 bits per heavy atom. The van der Waals surface area contributed by atoms with Gasteiger partial charge in [0, 0.05) is 11.3 Å². The standard InChI is InChI=1S/C9H11BrN2O2/c1-4-7-5(2)8(12(13)14)9(10)11-6(7)3/h4H2,1-3H3. The molecule has 0 fully saturated rings. The van der Waals surface area contributed by atoms with Crippen LogP contribution in [0, 0.1) is 24.0 Å². The van der Waals surface area contributed by atoms with Crippen LogP contribution in [0.4, 0.5) is 5.69 Å². The molecule has 0 saturated heterocycles. The molecule has 0 amide bonds. The Bertz CT molecular complexity index is 391. The number of aromatic nitrogens is 1. The summed E-state index contributed by atoms with van der Waals surface area (Å²) in [5.74, 6) is 0. The van der Waals surface area contributed by atoms with Crippen LogP contribution in [0.1, 0.15) is 23.7 Å². The number of aryl methyl sites for hydroxylation is 1. The van der Waals surface area contributed by atoms with Crippen molar-refractivity contribution in [2.24, 2.45) is 0 Å². The zero-order valence-electron chi connectivity index (χ0n) is 8.30. The van der Waals surface area contributed by atoms with Crippen LogP contribution in [-0.2, 0) is 6.42 Å². The first-order valence-corrected chi connectivity index (χ1v) is 5.08. The van der Waals surface area contributed by atoms with Gasteiger partial charge in [0.15, 0.2) is 4.60 Å². The Morgan fingerprint density at radius 3 is 2.50 bits per heavy atom. The minimum absolute atomic E-state index is 0.0763. The molecular weight excluding hydrogens is 248 g/mol. The highest BCUT2D eigenvalue weighted by atomic mass is 79.9. The number of pyridine rings is 1. The van der Waals surface area contributed by atoms with E-state index in [0.29, 0.717) is 10.2 Å². The van der Waals surface area contributed by atoms with Crippen molar-refractivity contribution in [3.63, 3.8) is 0 Å². The Morgan fingerprint density at radius 1 is 1.50 bits per heavy atom. The topological polar surface area (TPSA) is 56.0 Å². The Labute approximate surface area is 90.6 Å². The lowest BCUT2D eigenvalue weighted by molar-refractivity contribution is -0.386. The van der Waals surface area contributed by atoms with Crippen LogP contribution >= 0.6 is 15.9 Å². The zero-order valence-corrected chi connectivity index (χ0v) is 9.88. The van der Waals surface area contributed by atoms with Crippen LogP contribution in [0.3, 0.4) is 0 Å². The summed E-state index contributed by atoms with van der Waals surface area (Å²) in [5.41, 5.74) is 2.59. The van der Waals surface area contributed by atoms with Crippen molar-refractivity contribution in [3.05, 3.63) is 31.5 Å². The number of nitro groups is 1. The molecule has 0 N–H and O–H groups in total. The highest BCUT2D eigenvalue weighted by molar-refractivity contribution is 9.10. The molecule has 0 atom stereocenters. The average molecular weight is 259 g/mol. The fourth-order valence-electron chi connectivity index (χ4n) is 1.57. The maximum absolute atomic E-state index is 10.8. The number of halogens is 1. The lowest BCUT2D eigenvalue weighted by Crippen LogP contribution is -2.02. The van der Waals surface area contributed by atoms with Gasteiger partial charge in [0.2, 0.25) is 0 Å². The highest BCUT2D eigenvalue weighted by Gasteiger charge is 2.21. The third-order valence-electron chi connectivity index (χ3n) is 2.24. The van der Waals surface area contributed by atoms with E-state index < -0.39 is 4.92 Å². The summed E-state index contributed by atoms with van der Waals surface area (Å²) >= 11 is 3.11. The number of rotatable bonds is 2. The molecule has 0 saturated carbocycles. The van der Waals surface area contributed by atoms with E-state index in [1.54, 1.807) is 6.92 Å². The van der Waals surface area contributed by atoms with Crippen LogP contribution in [0.2, 0.25) is 0 Å². The van der Waals surface area contributed by atoms with Crippen LogP contribution in [0.25, 0.3) is 0 Å². The first kappa shape index (κ1) is 11.1. The third kappa shape index (κ3) is 1.77. The summed E-state index contributed by atoms with van der Waals surface area (Å²) in [5, 5.41) is 10.8. The summed E-state index contributed by atoms with van der Waals surface area (Å²) in [6, 6.07) is 0. The second kappa shape index (κ2) is 4.04. The van der Waals surface area contributed by atoms with Crippen molar-refractivity contribution < 1.29 is 4.92 Å². The molecular formula is C9H11BrN2O2. The number of hydrogen-bond donors (Lipinski definition) is 0. The zero-order chi connectivity index (χ0) is 10.9. The molecule has 0 aliphatic heterocycles. The van der Waals surface area contributed by atoms with E-state index in [0.717, 1.165) is 17.7 Å². The van der Waals surface area contributed by atoms with Crippen LogP contribution in [0.15, 0.2) is 4.60 Å². The predicted molar refractivity (Wildman–Crippen MR) is 57.4 cm³/mol. The minimum Gasteiger partial charge on any atom is -0.258 e. The molecule has 0 spiro atoms. The van der Waals surface area contributed by atoms with E-state index in [2.05, 4.69) is 20.9 Å². The van der Waals surface area contributed by atoms with Crippen molar-refractivity contribution in [1.82, 2.24) is 4.98 Å². The smallest absolute Gasteiger partial charge is 0.258 e. The number of hydrogen-bond acceptors (Lipinski definition) is 3. The SMILES string of the molecule is CCc1c(C)nc(Br)c([N+](=O)[O-])c1C. The van der Waals surface area contributed by atoms with Crippen molar-refractivity contribution in [2.45, 2.75) is 27.2 Å². The Kier molecular flexibility index (Phi) is 3.21. The Balaban J connectivity index is 3.52. The molecule has 1 heterocycles. The summed E-state index contributed by atoms with van der Waals surface area (Å²) in [4.78, 5) is 14.5. The van der Waals surface area contributed by atoms with E-state index in [1.165, 1.54) is 0 Å². The van der Waals surface area contributed by atoms with Crippen molar-refractivity contribution in [2.75, 3.05) is 0 Å². The molecule has 1 aromatic heterocycles. The molecule has 0 aliphatic rings. The fourth-order valence-corrected chi connectivity index (χ4v) is 2.28. The third-order valence-corrected chi connectivity index (χ3v) is 2.79. The normalized spacial score (nSPS) is 10.3. The lowest BCUT2D eigenvalue weighted by atomic mass is 10.0. The van der Waals surface area contributed by atoms with Crippen LogP contribution in [0.5, 0.6) is 0 Å². The summed E-state index contributed by atoms with van der Waals surface area (Å²) in [6.07, 6.45) is 0.763. The fraction of sp³-hybridized carbons (Fsp3) is 0.444. The molecule has 0 radical (unpaired) electrons. The predicted octanol–water partition coefficient (Wildman–Crippen LogP) is 2.93. The maximum Gasteiger partial charge on any atom is 0.305 e.